The van der Waals surface area contributed by atoms with Crippen molar-refractivity contribution in [2.45, 2.75) is 24.2 Å². The van der Waals surface area contributed by atoms with E-state index in [-0.39, 0.29) is 5.82 Å². The molecule has 1 saturated heterocycles. The van der Waals surface area contributed by atoms with Crippen molar-refractivity contribution >= 4 is 11.8 Å². The van der Waals surface area contributed by atoms with Gasteiger partial charge in [-0.25, -0.2) is 4.39 Å². The summed E-state index contributed by atoms with van der Waals surface area (Å²) in [6, 6.07) is 3.74. The van der Waals surface area contributed by atoms with Crippen LogP contribution in [0.2, 0.25) is 0 Å². The third-order valence-electron chi connectivity index (χ3n) is 3.47. The Bertz CT molecular complexity index is 405. The van der Waals surface area contributed by atoms with Gasteiger partial charge >= 0.3 is 0 Å². The van der Waals surface area contributed by atoms with Gasteiger partial charge in [0.15, 0.2) is 0 Å². The fourth-order valence-electron chi connectivity index (χ4n) is 2.50. The smallest absolute Gasteiger partial charge is 0.143 e. The molecule has 1 aliphatic heterocycles. The van der Waals surface area contributed by atoms with E-state index >= 15 is 0 Å². The van der Waals surface area contributed by atoms with Crippen LogP contribution in [0.5, 0.6) is 5.75 Å². The van der Waals surface area contributed by atoms with Crippen LogP contribution in [0.1, 0.15) is 18.4 Å². The molecular weight excluding hydrogens is 249 g/mol. The van der Waals surface area contributed by atoms with E-state index in [4.69, 9.17) is 4.74 Å². The Morgan fingerprint density at radius 1 is 1.50 bits per heavy atom. The third kappa shape index (κ3) is 2.98. The van der Waals surface area contributed by atoms with Crippen molar-refractivity contribution in [3.8, 4) is 5.75 Å². The van der Waals surface area contributed by atoms with Crippen LogP contribution in [0.3, 0.4) is 0 Å². The molecule has 18 heavy (non-hydrogen) atoms. The van der Waals surface area contributed by atoms with Gasteiger partial charge < -0.3 is 10.1 Å². The molecule has 0 radical (unpaired) electrons. The Balaban J connectivity index is 2.17. The maximum atomic E-state index is 14.4. The molecule has 1 aromatic carbocycles. The second kappa shape index (κ2) is 6.43. The van der Waals surface area contributed by atoms with Gasteiger partial charge in [0, 0.05) is 0 Å². The van der Waals surface area contributed by atoms with E-state index in [2.05, 4.69) is 5.32 Å². The molecule has 2 nitrogen and oxygen atoms in total. The van der Waals surface area contributed by atoms with E-state index < -0.39 is 0 Å². The fraction of sp³-hybridized carbons (Fsp3) is 0.571. The highest BCUT2D eigenvalue weighted by Gasteiger charge is 2.18. The minimum absolute atomic E-state index is 0.104. The molecule has 1 unspecified atom stereocenters. The number of ether oxygens (including phenoxy) is 1. The van der Waals surface area contributed by atoms with Crippen molar-refractivity contribution in [1.82, 2.24) is 5.32 Å². The average Bonchev–Trinajstić information content (AvgIpc) is 2.42. The molecule has 1 aromatic rings. The lowest BCUT2D eigenvalue weighted by atomic mass is 9.92. The van der Waals surface area contributed by atoms with E-state index in [0.29, 0.717) is 16.6 Å². The molecule has 2 rings (SSSR count). The number of halogens is 1. The molecule has 1 aliphatic rings. The standard InChI is InChI=1S/C14H20FNOS/c1-17-12-6-5-11(13(15)14(12)18-2)8-10-4-3-7-16-9-10/h5-6,10,16H,3-4,7-9H2,1-2H3. The first-order valence-electron chi connectivity index (χ1n) is 6.36. The number of hydrogen-bond acceptors (Lipinski definition) is 3. The van der Waals surface area contributed by atoms with E-state index in [1.807, 2.05) is 18.4 Å². The summed E-state index contributed by atoms with van der Waals surface area (Å²) in [7, 11) is 1.58. The van der Waals surface area contributed by atoms with Crippen molar-refractivity contribution in [2.24, 2.45) is 5.92 Å². The van der Waals surface area contributed by atoms with Crippen LogP contribution in [0, 0.1) is 11.7 Å². The monoisotopic (exact) mass is 269 g/mol. The minimum atomic E-state index is -0.104. The number of piperidine rings is 1. The maximum absolute atomic E-state index is 14.4. The van der Waals surface area contributed by atoms with Crippen LogP contribution in [-0.4, -0.2) is 26.5 Å². The number of thioether (sulfide) groups is 1. The Morgan fingerprint density at radius 2 is 2.33 bits per heavy atom. The van der Waals surface area contributed by atoms with Gasteiger partial charge in [-0.05, 0) is 56.2 Å². The first-order valence-corrected chi connectivity index (χ1v) is 7.58. The molecule has 0 aliphatic carbocycles. The molecule has 1 atom stereocenters. The highest BCUT2D eigenvalue weighted by molar-refractivity contribution is 7.98. The number of methoxy groups -OCH3 is 1. The Kier molecular flexibility index (Phi) is 4.89. The highest BCUT2D eigenvalue weighted by Crippen LogP contribution is 2.33. The quantitative estimate of drug-likeness (QED) is 0.849. The van der Waals surface area contributed by atoms with Crippen LogP contribution in [0.25, 0.3) is 0 Å². The molecule has 1 heterocycles. The number of nitrogens with one attached hydrogen (secondary N) is 1. The Morgan fingerprint density at radius 3 is 2.94 bits per heavy atom. The Hall–Kier alpha value is -0.740. The summed E-state index contributed by atoms with van der Waals surface area (Å²) in [5.41, 5.74) is 0.814. The highest BCUT2D eigenvalue weighted by atomic mass is 32.2. The Labute approximate surface area is 112 Å². The van der Waals surface area contributed by atoms with Crippen LogP contribution in [-0.2, 0) is 6.42 Å². The van der Waals surface area contributed by atoms with E-state index in [1.165, 1.54) is 24.6 Å². The summed E-state index contributed by atoms with van der Waals surface area (Å²) < 4.78 is 19.5. The topological polar surface area (TPSA) is 21.3 Å². The molecule has 0 saturated carbocycles. The summed E-state index contributed by atoms with van der Waals surface area (Å²) >= 11 is 1.41. The lowest BCUT2D eigenvalue weighted by molar-refractivity contribution is 0.367. The molecule has 0 aromatic heterocycles. The van der Waals surface area contributed by atoms with E-state index in [9.17, 15) is 4.39 Å². The van der Waals surface area contributed by atoms with Crippen molar-refractivity contribution in [3.05, 3.63) is 23.5 Å². The minimum Gasteiger partial charge on any atom is -0.495 e. The molecular formula is C14H20FNOS. The van der Waals surface area contributed by atoms with Crippen molar-refractivity contribution in [3.63, 3.8) is 0 Å². The van der Waals surface area contributed by atoms with Crippen LogP contribution < -0.4 is 10.1 Å². The lowest BCUT2D eigenvalue weighted by Gasteiger charge is -2.23. The predicted octanol–water partition coefficient (Wildman–Crippen LogP) is 3.10. The number of rotatable bonds is 4. The second-order valence-corrected chi connectivity index (χ2v) is 5.51. The number of benzene rings is 1. The zero-order valence-corrected chi connectivity index (χ0v) is 11.8. The summed E-state index contributed by atoms with van der Waals surface area (Å²) in [6.07, 6.45) is 5.08. The maximum Gasteiger partial charge on any atom is 0.143 e. The normalized spacial score (nSPS) is 19.8. The average molecular weight is 269 g/mol. The molecule has 0 amide bonds. The van der Waals surface area contributed by atoms with Crippen molar-refractivity contribution in [2.75, 3.05) is 26.5 Å². The fourth-order valence-corrected chi connectivity index (χ4v) is 3.16. The number of hydrogen-bond donors (Lipinski definition) is 1. The summed E-state index contributed by atoms with van der Waals surface area (Å²) in [5, 5.41) is 3.37. The zero-order valence-electron chi connectivity index (χ0n) is 11.0. The van der Waals surface area contributed by atoms with Gasteiger partial charge in [0.1, 0.15) is 11.6 Å². The SMILES string of the molecule is COc1ccc(CC2CCCNC2)c(F)c1SC. The molecule has 0 spiro atoms. The molecule has 4 heteroatoms. The van der Waals surface area contributed by atoms with Crippen LogP contribution in [0.4, 0.5) is 4.39 Å². The summed E-state index contributed by atoms with van der Waals surface area (Å²) in [6.45, 7) is 2.09. The van der Waals surface area contributed by atoms with Gasteiger partial charge in [-0.15, -0.1) is 11.8 Å². The van der Waals surface area contributed by atoms with E-state index in [1.54, 1.807) is 7.11 Å². The first-order chi connectivity index (χ1) is 8.76. The van der Waals surface area contributed by atoms with Gasteiger partial charge in [0.05, 0.1) is 12.0 Å². The van der Waals surface area contributed by atoms with Gasteiger partial charge in [0.25, 0.3) is 0 Å². The molecule has 100 valence electrons. The van der Waals surface area contributed by atoms with Gasteiger partial charge in [-0.3, -0.25) is 0 Å². The molecule has 0 bridgehead atoms. The molecule has 1 N–H and O–H groups in total. The van der Waals surface area contributed by atoms with Gasteiger partial charge in [-0.1, -0.05) is 6.07 Å². The lowest BCUT2D eigenvalue weighted by Crippen LogP contribution is -2.31. The van der Waals surface area contributed by atoms with Gasteiger partial charge in [0.2, 0.25) is 0 Å². The van der Waals surface area contributed by atoms with Crippen LogP contribution >= 0.6 is 11.8 Å². The van der Waals surface area contributed by atoms with Crippen molar-refractivity contribution in [1.29, 1.82) is 0 Å². The molecule has 1 fully saturated rings. The first kappa shape index (κ1) is 13.7. The van der Waals surface area contributed by atoms with Crippen LogP contribution in [0.15, 0.2) is 17.0 Å². The summed E-state index contributed by atoms with van der Waals surface area (Å²) in [5.74, 6) is 1.08. The second-order valence-electron chi connectivity index (χ2n) is 4.69. The van der Waals surface area contributed by atoms with Gasteiger partial charge in [-0.2, -0.15) is 0 Å². The largest absolute Gasteiger partial charge is 0.495 e. The van der Waals surface area contributed by atoms with Crippen molar-refractivity contribution < 1.29 is 9.13 Å². The predicted molar refractivity (Wildman–Crippen MR) is 74.0 cm³/mol. The third-order valence-corrected chi connectivity index (χ3v) is 4.26. The summed E-state index contributed by atoms with van der Waals surface area (Å²) in [4.78, 5) is 0.624. The van der Waals surface area contributed by atoms with E-state index in [0.717, 1.165) is 25.1 Å². The zero-order chi connectivity index (χ0) is 13.0.